The second-order valence-corrected chi connectivity index (χ2v) is 4.75. The lowest BCUT2D eigenvalue weighted by atomic mass is 9.91. The number of rotatable bonds is 1. The summed E-state index contributed by atoms with van der Waals surface area (Å²) in [6, 6.07) is 3.40. The minimum Gasteiger partial charge on any atom is -0.329 e. The van der Waals surface area contributed by atoms with Crippen molar-refractivity contribution in [3.63, 3.8) is 0 Å². The molecule has 4 heteroatoms. The maximum Gasteiger partial charge on any atom is 0.248 e. The zero-order chi connectivity index (χ0) is 11.7. The molecule has 1 atom stereocenters. The van der Waals surface area contributed by atoms with Gasteiger partial charge < -0.3 is 4.98 Å². The molecule has 0 bridgehead atoms. The third-order valence-corrected chi connectivity index (χ3v) is 3.48. The number of allylic oxidation sites excluding steroid dienone is 4. The maximum absolute atomic E-state index is 11.2. The Morgan fingerprint density at radius 3 is 2.88 bits per heavy atom. The molecule has 1 aliphatic rings. The molecule has 0 aromatic carbocycles. The van der Waals surface area contributed by atoms with Crippen molar-refractivity contribution in [2.75, 3.05) is 0 Å². The Bertz CT molecular complexity index is 528. The lowest BCUT2D eigenvalue weighted by molar-refractivity contribution is 0.731. The van der Waals surface area contributed by atoms with Gasteiger partial charge in [-0.2, -0.15) is 0 Å². The first-order valence-electron chi connectivity index (χ1n) is 5.03. The lowest BCUT2D eigenvalue weighted by Gasteiger charge is -2.19. The van der Waals surface area contributed by atoms with Crippen LogP contribution >= 0.6 is 23.2 Å². The molecule has 2 nitrogen and oxygen atoms in total. The molecule has 1 N–H and O–H groups in total. The second kappa shape index (κ2) is 4.48. The van der Waals surface area contributed by atoms with Crippen LogP contribution in [-0.4, -0.2) is 4.98 Å². The molecule has 16 heavy (non-hydrogen) atoms. The molecule has 0 saturated heterocycles. The standard InChI is InChI=1S/C12H11Cl2NO/c1-7-4-9(11(14)6-10(7)13)8-2-3-15-12(16)5-8/h2-3,5-7H,4H2,1H3,(H,15,16). The summed E-state index contributed by atoms with van der Waals surface area (Å²) >= 11 is 12.2. The van der Waals surface area contributed by atoms with Gasteiger partial charge in [0, 0.05) is 22.3 Å². The highest BCUT2D eigenvalue weighted by molar-refractivity contribution is 6.37. The van der Waals surface area contributed by atoms with Gasteiger partial charge in [0.2, 0.25) is 5.56 Å². The van der Waals surface area contributed by atoms with Crippen LogP contribution in [0.1, 0.15) is 18.9 Å². The van der Waals surface area contributed by atoms with Crippen LogP contribution < -0.4 is 5.56 Å². The van der Waals surface area contributed by atoms with Gasteiger partial charge in [-0.1, -0.05) is 30.1 Å². The van der Waals surface area contributed by atoms with Gasteiger partial charge in [0.1, 0.15) is 0 Å². The molecule has 0 fully saturated rings. The molecule has 1 aromatic heterocycles. The Hall–Kier alpha value is -0.990. The Labute approximate surface area is 104 Å². The summed E-state index contributed by atoms with van der Waals surface area (Å²) in [6.45, 7) is 2.04. The first-order valence-corrected chi connectivity index (χ1v) is 5.78. The van der Waals surface area contributed by atoms with Crippen molar-refractivity contribution >= 4 is 28.8 Å². The molecule has 0 amide bonds. The zero-order valence-electron chi connectivity index (χ0n) is 8.76. The Kier molecular flexibility index (Phi) is 3.22. The number of pyridine rings is 1. The third-order valence-electron chi connectivity index (χ3n) is 2.66. The highest BCUT2D eigenvalue weighted by Crippen LogP contribution is 2.37. The quantitative estimate of drug-likeness (QED) is 0.819. The minimum absolute atomic E-state index is 0.122. The van der Waals surface area contributed by atoms with E-state index in [1.54, 1.807) is 18.3 Å². The third kappa shape index (κ3) is 2.23. The average molecular weight is 256 g/mol. The average Bonchev–Trinajstić information content (AvgIpc) is 2.23. The van der Waals surface area contributed by atoms with E-state index in [2.05, 4.69) is 4.98 Å². The van der Waals surface area contributed by atoms with Crippen LogP contribution in [0.4, 0.5) is 0 Å². The van der Waals surface area contributed by atoms with Crippen LogP contribution in [0.3, 0.4) is 0 Å². The van der Waals surface area contributed by atoms with E-state index in [0.29, 0.717) is 5.03 Å². The van der Waals surface area contributed by atoms with E-state index in [-0.39, 0.29) is 11.5 Å². The van der Waals surface area contributed by atoms with Crippen LogP contribution in [0, 0.1) is 5.92 Å². The number of nitrogens with one attached hydrogen (secondary N) is 1. The molecule has 1 aliphatic carbocycles. The van der Waals surface area contributed by atoms with Crippen LogP contribution in [0.15, 0.2) is 39.3 Å². The van der Waals surface area contributed by atoms with Gasteiger partial charge in [0.05, 0.1) is 0 Å². The van der Waals surface area contributed by atoms with E-state index in [1.807, 2.05) is 13.0 Å². The predicted octanol–water partition coefficient (Wildman–Crippen LogP) is 3.49. The summed E-state index contributed by atoms with van der Waals surface area (Å²) in [4.78, 5) is 13.8. The molecule has 0 saturated carbocycles. The fraction of sp³-hybridized carbons (Fsp3) is 0.250. The molecule has 1 unspecified atom stereocenters. The van der Waals surface area contributed by atoms with Crippen molar-refractivity contribution in [3.05, 3.63) is 50.4 Å². The van der Waals surface area contributed by atoms with Crippen LogP contribution in [-0.2, 0) is 0 Å². The molecule has 0 spiro atoms. The largest absolute Gasteiger partial charge is 0.329 e. The van der Waals surface area contributed by atoms with Crippen molar-refractivity contribution in [3.8, 4) is 0 Å². The van der Waals surface area contributed by atoms with Crippen molar-refractivity contribution < 1.29 is 0 Å². The van der Waals surface area contributed by atoms with E-state index in [9.17, 15) is 4.79 Å². The van der Waals surface area contributed by atoms with E-state index in [4.69, 9.17) is 23.2 Å². The SMILES string of the molecule is CC1CC(c2cc[nH]c(=O)c2)=C(Cl)C=C1Cl. The maximum atomic E-state index is 11.2. The summed E-state index contributed by atoms with van der Waals surface area (Å²) in [6.07, 6.45) is 4.14. The van der Waals surface area contributed by atoms with Gasteiger partial charge >= 0.3 is 0 Å². The molecule has 0 aliphatic heterocycles. The fourth-order valence-corrected chi connectivity index (χ4v) is 2.29. The molecule has 84 valence electrons. The second-order valence-electron chi connectivity index (χ2n) is 3.90. The van der Waals surface area contributed by atoms with E-state index in [1.165, 1.54) is 0 Å². The van der Waals surface area contributed by atoms with Gasteiger partial charge in [-0.3, -0.25) is 4.79 Å². The van der Waals surface area contributed by atoms with Crippen molar-refractivity contribution in [1.29, 1.82) is 0 Å². The van der Waals surface area contributed by atoms with Gasteiger partial charge in [-0.15, -0.1) is 0 Å². The van der Waals surface area contributed by atoms with Crippen LogP contribution in [0.25, 0.3) is 5.57 Å². The van der Waals surface area contributed by atoms with E-state index >= 15 is 0 Å². The highest BCUT2D eigenvalue weighted by Gasteiger charge is 2.19. The van der Waals surface area contributed by atoms with Crippen LogP contribution in [0.2, 0.25) is 0 Å². The molecular formula is C12H11Cl2NO. The molecule has 0 radical (unpaired) electrons. The summed E-state index contributed by atoms with van der Waals surface area (Å²) in [5, 5.41) is 1.38. The summed E-state index contributed by atoms with van der Waals surface area (Å²) in [5.41, 5.74) is 1.72. The smallest absolute Gasteiger partial charge is 0.248 e. The Morgan fingerprint density at radius 2 is 2.19 bits per heavy atom. The normalized spacial score (nSPS) is 20.9. The summed E-state index contributed by atoms with van der Waals surface area (Å²) in [5.74, 6) is 0.249. The molecular weight excluding hydrogens is 245 g/mol. The van der Waals surface area contributed by atoms with Crippen molar-refractivity contribution in [1.82, 2.24) is 4.98 Å². The fourth-order valence-electron chi connectivity index (χ4n) is 1.74. The monoisotopic (exact) mass is 255 g/mol. The number of aromatic amines is 1. The first kappa shape index (κ1) is 11.5. The number of aromatic nitrogens is 1. The van der Waals surface area contributed by atoms with Crippen molar-refractivity contribution in [2.24, 2.45) is 5.92 Å². The Balaban J connectivity index is 2.49. The highest BCUT2D eigenvalue weighted by atomic mass is 35.5. The van der Waals surface area contributed by atoms with Crippen molar-refractivity contribution in [2.45, 2.75) is 13.3 Å². The van der Waals surface area contributed by atoms with E-state index in [0.717, 1.165) is 22.6 Å². The van der Waals surface area contributed by atoms with Gasteiger partial charge in [-0.05, 0) is 35.6 Å². The van der Waals surface area contributed by atoms with E-state index < -0.39 is 0 Å². The van der Waals surface area contributed by atoms with Gasteiger partial charge in [0.25, 0.3) is 0 Å². The number of hydrogen-bond donors (Lipinski definition) is 1. The summed E-state index contributed by atoms with van der Waals surface area (Å²) in [7, 11) is 0. The predicted molar refractivity (Wildman–Crippen MR) is 67.6 cm³/mol. The summed E-state index contributed by atoms with van der Waals surface area (Å²) < 4.78 is 0. The molecule has 1 heterocycles. The molecule has 1 aromatic rings. The topological polar surface area (TPSA) is 32.9 Å². The number of hydrogen-bond acceptors (Lipinski definition) is 1. The molecule has 2 rings (SSSR count). The van der Waals surface area contributed by atoms with Gasteiger partial charge in [0.15, 0.2) is 0 Å². The lowest BCUT2D eigenvalue weighted by Crippen LogP contribution is -2.08. The first-order chi connectivity index (χ1) is 7.58. The van der Waals surface area contributed by atoms with Crippen LogP contribution in [0.5, 0.6) is 0 Å². The Morgan fingerprint density at radius 1 is 1.44 bits per heavy atom. The number of H-pyrrole nitrogens is 1. The minimum atomic E-state index is -0.122. The zero-order valence-corrected chi connectivity index (χ0v) is 10.3. The van der Waals surface area contributed by atoms with Gasteiger partial charge in [-0.25, -0.2) is 0 Å². The number of halogens is 2.